The minimum absolute atomic E-state index is 0.0255. The fourth-order valence-electron chi connectivity index (χ4n) is 1.88. The van der Waals surface area contributed by atoms with Gasteiger partial charge in [0.2, 0.25) is 5.76 Å². The van der Waals surface area contributed by atoms with Crippen molar-refractivity contribution < 1.29 is 17.7 Å². The average molecular weight is 341 g/mol. The molecule has 0 spiro atoms. The van der Waals surface area contributed by atoms with Crippen molar-refractivity contribution in [2.45, 2.75) is 0 Å². The number of nitrogens with zero attached hydrogens (tertiary/aromatic N) is 1. The molecule has 2 heterocycles. The van der Waals surface area contributed by atoms with Gasteiger partial charge in [0.25, 0.3) is 0 Å². The summed E-state index contributed by atoms with van der Waals surface area (Å²) in [6, 6.07) is 6.35. The molecule has 0 saturated heterocycles. The second-order valence-corrected chi connectivity index (χ2v) is 4.82. The maximum absolute atomic E-state index is 13.3. The summed E-state index contributed by atoms with van der Waals surface area (Å²) in [6.45, 7) is 0. The lowest BCUT2D eigenvalue weighted by molar-refractivity contribution is 0.419. The molecule has 2 aromatic heterocycles. The minimum atomic E-state index is -0.716. The predicted octanol–water partition coefficient (Wildman–Crippen LogP) is 4.22. The number of halogens is 3. The highest BCUT2D eigenvalue weighted by Crippen LogP contribution is 2.38. The van der Waals surface area contributed by atoms with E-state index in [4.69, 9.17) is 14.7 Å². The zero-order chi connectivity index (χ0) is 14.3. The second kappa shape index (κ2) is 4.75. The first-order valence-electron chi connectivity index (χ1n) is 5.52. The van der Waals surface area contributed by atoms with Gasteiger partial charge >= 0.3 is 0 Å². The highest BCUT2D eigenvalue weighted by atomic mass is 79.9. The highest BCUT2D eigenvalue weighted by Gasteiger charge is 2.21. The summed E-state index contributed by atoms with van der Waals surface area (Å²) in [5.74, 6) is -0.851. The van der Waals surface area contributed by atoms with Gasteiger partial charge in [-0.3, -0.25) is 0 Å². The topological polar surface area (TPSA) is 65.2 Å². The van der Waals surface area contributed by atoms with E-state index >= 15 is 0 Å². The van der Waals surface area contributed by atoms with Gasteiger partial charge in [-0.1, -0.05) is 5.16 Å². The Bertz CT molecular complexity index is 762. The Morgan fingerprint density at radius 3 is 2.40 bits per heavy atom. The smallest absolute Gasteiger partial charge is 0.212 e. The molecule has 4 nitrogen and oxygen atoms in total. The fourth-order valence-corrected chi connectivity index (χ4v) is 2.19. The number of furan rings is 1. The Balaban J connectivity index is 2.21. The molecular weight excluding hydrogens is 334 g/mol. The zero-order valence-electron chi connectivity index (χ0n) is 9.86. The Morgan fingerprint density at radius 1 is 1.10 bits per heavy atom. The standard InChI is InChI=1S/C13H7BrF2N2O2/c14-10-2-1-9(19-10)12-11(13(17)18-20-12)6-3-7(15)5-8(16)4-6/h1-5H,(H2,17,18). The summed E-state index contributed by atoms with van der Waals surface area (Å²) >= 11 is 3.16. The number of benzene rings is 1. The molecule has 3 rings (SSSR count). The summed E-state index contributed by atoms with van der Waals surface area (Å²) in [4.78, 5) is 0. The normalized spacial score (nSPS) is 10.9. The first-order chi connectivity index (χ1) is 9.54. The van der Waals surface area contributed by atoms with Crippen LogP contribution >= 0.6 is 15.9 Å². The van der Waals surface area contributed by atoms with E-state index in [2.05, 4.69) is 21.1 Å². The minimum Gasteiger partial charge on any atom is -0.446 e. The molecule has 0 fully saturated rings. The number of rotatable bonds is 2. The first kappa shape index (κ1) is 12.9. The van der Waals surface area contributed by atoms with Crippen molar-refractivity contribution in [3.05, 3.63) is 46.6 Å². The van der Waals surface area contributed by atoms with E-state index in [0.717, 1.165) is 18.2 Å². The van der Waals surface area contributed by atoms with Crippen molar-refractivity contribution in [3.8, 4) is 22.6 Å². The fraction of sp³-hybridized carbons (Fsp3) is 0. The van der Waals surface area contributed by atoms with Crippen LogP contribution in [0.15, 0.2) is 43.9 Å². The van der Waals surface area contributed by atoms with E-state index in [1.807, 2.05) is 0 Å². The third kappa shape index (κ3) is 2.20. The summed E-state index contributed by atoms with van der Waals surface area (Å²) in [6.07, 6.45) is 0. The summed E-state index contributed by atoms with van der Waals surface area (Å²) in [5, 5.41) is 3.62. The van der Waals surface area contributed by atoms with E-state index in [1.54, 1.807) is 12.1 Å². The largest absolute Gasteiger partial charge is 0.446 e. The van der Waals surface area contributed by atoms with Gasteiger partial charge in [-0.2, -0.15) is 0 Å². The van der Waals surface area contributed by atoms with Crippen LogP contribution < -0.4 is 5.73 Å². The van der Waals surface area contributed by atoms with Gasteiger partial charge in [-0.25, -0.2) is 8.78 Å². The van der Waals surface area contributed by atoms with Crippen LogP contribution in [0, 0.1) is 11.6 Å². The maximum atomic E-state index is 13.3. The van der Waals surface area contributed by atoms with E-state index in [0.29, 0.717) is 10.4 Å². The van der Waals surface area contributed by atoms with Gasteiger partial charge < -0.3 is 14.7 Å². The molecule has 20 heavy (non-hydrogen) atoms. The van der Waals surface area contributed by atoms with Crippen LogP contribution in [0.2, 0.25) is 0 Å². The highest BCUT2D eigenvalue weighted by molar-refractivity contribution is 9.10. The lowest BCUT2D eigenvalue weighted by Crippen LogP contribution is -1.90. The second-order valence-electron chi connectivity index (χ2n) is 4.03. The molecule has 3 aromatic rings. The number of anilines is 1. The molecule has 0 aliphatic heterocycles. The molecule has 0 radical (unpaired) electrons. The Hall–Kier alpha value is -2.15. The number of nitrogens with two attached hydrogens (primary N) is 1. The monoisotopic (exact) mass is 340 g/mol. The van der Waals surface area contributed by atoms with Gasteiger partial charge in [-0.05, 0) is 45.8 Å². The van der Waals surface area contributed by atoms with Gasteiger partial charge in [0.15, 0.2) is 16.2 Å². The lowest BCUT2D eigenvalue weighted by atomic mass is 10.0. The first-order valence-corrected chi connectivity index (χ1v) is 6.31. The maximum Gasteiger partial charge on any atom is 0.212 e. The van der Waals surface area contributed by atoms with E-state index in [9.17, 15) is 8.78 Å². The molecule has 2 N–H and O–H groups in total. The van der Waals surface area contributed by atoms with Crippen LogP contribution in [0.3, 0.4) is 0 Å². The molecular formula is C13H7BrF2N2O2. The van der Waals surface area contributed by atoms with Crippen LogP contribution in [-0.4, -0.2) is 5.16 Å². The number of hydrogen-bond donors (Lipinski definition) is 1. The molecule has 0 aliphatic carbocycles. The van der Waals surface area contributed by atoms with Crippen molar-refractivity contribution in [1.82, 2.24) is 5.16 Å². The molecule has 0 bridgehead atoms. The van der Waals surface area contributed by atoms with Crippen molar-refractivity contribution in [1.29, 1.82) is 0 Å². The van der Waals surface area contributed by atoms with Crippen LogP contribution in [0.4, 0.5) is 14.6 Å². The number of aromatic nitrogens is 1. The molecule has 0 unspecified atom stereocenters. The van der Waals surface area contributed by atoms with Crippen molar-refractivity contribution >= 4 is 21.7 Å². The van der Waals surface area contributed by atoms with Crippen LogP contribution in [0.1, 0.15) is 0 Å². The van der Waals surface area contributed by atoms with Gasteiger partial charge in [-0.15, -0.1) is 0 Å². The summed E-state index contributed by atoms with van der Waals surface area (Å²) in [7, 11) is 0. The number of hydrogen-bond acceptors (Lipinski definition) is 4. The van der Waals surface area contributed by atoms with Crippen LogP contribution in [0.5, 0.6) is 0 Å². The van der Waals surface area contributed by atoms with Gasteiger partial charge in [0, 0.05) is 6.07 Å². The molecule has 0 amide bonds. The molecule has 1 aromatic carbocycles. The molecule has 0 aliphatic rings. The van der Waals surface area contributed by atoms with E-state index < -0.39 is 11.6 Å². The Kier molecular flexibility index (Phi) is 3.06. The van der Waals surface area contributed by atoms with Crippen LogP contribution in [-0.2, 0) is 0 Å². The molecule has 7 heteroatoms. The molecule has 102 valence electrons. The van der Waals surface area contributed by atoms with Crippen LogP contribution in [0.25, 0.3) is 22.6 Å². The van der Waals surface area contributed by atoms with Crippen molar-refractivity contribution in [2.24, 2.45) is 0 Å². The van der Waals surface area contributed by atoms with Gasteiger partial charge in [0.1, 0.15) is 11.6 Å². The Labute approximate surface area is 120 Å². The average Bonchev–Trinajstić information content (AvgIpc) is 2.94. The Morgan fingerprint density at radius 2 is 1.80 bits per heavy atom. The van der Waals surface area contributed by atoms with E-state index in [-0.39, 0.29) is 22.7 Å². The molecule has 0 atom stereocenters. The predicted molar refractivity (Wildman–Crippen MR) is 71.7 cm³/mol. The lowest BCUT2D eigenvalue weighted by Gasteiger charge is -2.02. The van der Waals surface area contributed by atoms with Crippen molar-refractivity contribution in [3.63, 3.8) is 0 Å². The summed E-state index contributed by atoms with van der Waals surface area (Å²) < 4.78 is 37.6. The third-order valence-electron chi connectivity index (χ3n) is 2.67. The molecule has 0 saturated carbocycles. The van der Waals surface area contributed by atoms with E-state index in [1.165, 1.54) is 0 Å². The third-order valence-corrected chi connectivity index (χ3v) is 3.09. The summed E-state index contributed by atoms with van der Waals surface area (Å²) in [5.41, 5.74) is 6.22. The SMILES string of the molecule is Nc1noc(-c2ccc(Br)o2)c1-c1cc(F)cc(F)c1. The van der Waals surface area contributed by atoms with Crippen molar-refractivity contribution in [2.75, 3.05) is 5.73 Å². The quantitative estimate of drug-likeness (QED) is 0.758. The zero-order valence-corrected chi connectivity index (χ0v) is 11.4. The van der Waals surface area contributed by atoms with Gasteiger partial charge in [0.05, 0.1) is 5.56 Å². The number of nitrogen functional groups attached to an aromatic ring is 1.